The Hall–Kier alpha value is -0.226. The second kappa shape index (κ2) is 14.4. The molecule has 0 aliphatic heterocycles. The molecule has 0 saturated carbocycles. The molecule has 0 rings (SSSR count). The summed E-state index contributed by atoms with van der Waals surface area (Å²) in [6, 6.07) is 0. The van der Waals surface area contributed by atoms with Gasteiger partial charge in [-0.05, 0) is 0 Å². The normalized spacial score (nSPS) is 9.18. The number of rotatable bonds is 7. The van der Waals surface area contributed by atoms with Crippen LogP contribution in [0, 0.1) is 0 Å². The molecule has 0 bridgehead atoms. The molecule has 0 amide bonds. The van der Waals surface area contributed by atoms with Crippen LogP contribution in [0.25, 0.3) is 0 Å². The van der Waals surface area contributed by atoms with E-state index in [1.165, 1.54) is 0 Å². The summed E-state index contributed by atoms with van der Waals surface area (Å²) in [5.41, 5.74) is 0. The number of hydrogen-bond donors (Lipinski definition) is 0. The summed E-state index contributed by atoms with van der Waals surface area (Å²) in [6.07, 6.45) is 0. The fourth-order valence-electron chi connectivity index (χ4n) is 0.957. The van der Waals surface area contributed by atoms with Crippen molar-refractivity contribution in [2.24, 2.45) is 0 Å². The third kappa shape index (κ3) is 16.1. The van der Waals surface area contributed by atoms with Crippen LogP contribution in [-0.4, -0.2) is 85.2 Å². The van der Waals surface area contributed by atoms with Crippen LogP contribution < -0.4 is 0 Å². The summed E-state index contributed by atoms with van der Waals surface area (Å²) in [4.78, 5) is 61.4. The second-order valence-electron chi connectivity index (χ2n) is 3.44. The smallest absolute Gasteiger partial charge is 0 e. The molecule has 0 saturated heterocycles. The van der Waals surface area contributed by atoms with Crippen molar-refractivity contribution in [2.75, 3.05) is 13.1 Å². The minimum Gasteiger partial charge on any atom is 0 e. The van der Waals surface area contributed by atoms with Gasteiger partial charge < -0.3 is 19.4 Å². The van der Waals surface area contributed by atoms with Gasteiger partial charge in [-0.15, -0.1) is 0 Å². The van der Waals surface area contributed by atoms with Crippen LogP contribution >= 0.6 is 0 Å². The Bertz CT molecular complexity index is 327. The average molecular weight is 382 g/mol. The predicted octanol–water partition coefficient (Wildman–Crippen LogP) is -1.42. The van der Waals surface area contributed by atoms with E-state index in [0.717, 1.165) is 27.7 Å². The van der Waals surface area contributed by atoms with Crippen LogP contribution in [-0.2, 0) is 60.2 Å². The molecule has 22 heavy (non-hydrogen) atoms. The van der Waals surface area contributed by atoms with Gasteiger partial charge in [0, 0.05) is 59.9 Å². The molecule has 0 heterocycles. The molecule has 0 spiro atoms. The molecule has 0 aromatic rings. The van der Waals surface area contributed by atoms with E-state index in [1.807, 2.05) is 0 Å². The number of carbonyl (C=O) groups excluding carboxylic acids is 4. The van der Waals surface area contributed by atoms with E-state index < -0.39 is 23.9 Å². The molecule has 0 aliphatic carbocycles. The largest absolute Gasteiger partial charge is 0 e. The first-order valence-electron chi connectivity index (χ1n) is 5.50. The van der Waals surface area contributed by atoms with Crippen molar-refractivity contribution in [2.45, 2.75) is 27.7 Å². The van der Waals surface area contributed by atoms with Gasteiger partial charge in [-0.25, -0.2) is 0 Å². The Morgan fingerprint density at radius 1 is 0.636 bits per heavy atom. The molecule has 0 aromatic carbocycles. The van der Waals surface area contributed by atoms with Gasteiger partial charge in [0.15, 0.2) is 0 Å². The zero-order valence-corrected chi connectivity index (χ0v) is 13.6. The first kappa shape index (κ1) is 26.7. The molecule has 0 aliphatic rings. The maximum absolute atomic E-state index is 10.8. The summed E-state index contributed by atoms with van der Waals surface area (Å²) >= 11 is 0. The van der Waals surface area contributed by atoms with Crippen LogP contribution in [0.3, 0.4) is 0 Å². The van der Waals surface area contributed by atoms with Crippen molar-refractivity contribution < 1.29 is 60.2 Å². The Kier molecular flexibility index (Phi) is 17.4. The molecule has 0 unspecified atom stereocenters. The molecule has 0 radical (unpaired) electrons. The second-order valence-corrected chi connectivity index (χ2v) is 3.44. The van der Waals surface area contributed by atoms with E-state index in [1.54, 1.807) is 0 Å². The summed E-state index contributed by atoms with van der Waals surface area (Å²) in [7, 11) is 0. The van der Waals surface area contributed by atoms with Crippen LogP contribution in [0.2, 0.25) is 0 Å². The summed E-state index contributed by atoms with van der Waals surface area (Å²) in [5.74, 6) is -2.90. The van der Waals surface area contributed by atoms with E-state index in [2.05, 4.69) is 19.4 Å². The van der Waals surface area contributed by atoms with Gasteiger partial charge in [0.1, 0.15) is 0 Å². The third-order valence-corrected chi connectivity index (χ3v) is 1.39. The third-order valence-electron chi connectivity index (χ3n) is 1.39. The van der Waals surface area contributed by atoms with Crippen LogP contribution in [0.1, 0.15) is 27.7 Å². The monoisotopic (exact) mass is 382 g/mol. The number of nitrogens with zero attached hydrogens (tertiary/aromatic N) is 2. The van der Waals surface area contributed by atoms with Gasteiger partial charge in [0.25, 0.3) is 0 Å². The van der Waals surface area contributed by atoms with Crippen LogP contribution in [0.4, 0.5) is 0 Å². The minimum atomic E-state index is -0.724. The molecule has 0 aromatic heterocycles. The Morgan fingerprint density at radius 2 is 0.818 bits per heavy atom. The zero-order chi connectivity index (χ0) is 15.7. The SMILES string of the molecule is CC(=O)ON(CCN(OC(C)=O)OC(C)=O)OC(C)=O.[CaH2].[Ti]. The Morgan fingerprint density at radius 3 is 0.955 bits per heavy atom. The van der Waals surface area contributed by atoms with Gasteiger partial charge in [0.05, 0.1) is 13.1 Å². The molecular formula is C10H18CaN2O8Ti. The van der Waals surface area contributed by atoms with Crippen LogP contribution in [0.15, 0.2) is 0 Å². The zero-order valence-electron chi connectivity index (χ0n) is 12.1. The summed E-state index contributed by atoms with van der Waals surface area (Å²) in [5, 5.41) is 1.15. The van der Waals surface area contributed by atoms with Gasteiger partial charge in [-0.3, -0.25) is 19.2 Å². The van der Waals surface area contributed by atoms with E-state index in [4.69, 9.17) is 0 Å². The van der Waals surface area contributed by atoms with Gasteiger partial charge >= 0.3 is 61.6 Å². The van der Waals surface area contributed by atoms with E-state index in [-0.39, 0.29) is 72.5 Å². The maximum atomic E-state index is 10.8. The first-order chi connectivity index (χ1) is 9.20. The van der Waals surface area contributed by atoms with Gasteiger partial charge in [-0.1, -0.05) is 0 Å². The van der Waals surface area contributed by atoms with Crippen molar-refractivity contribution in [1.29, 1.82) is 0 Å². The van der Waals surface area contributed by atoms with E-state index in [0.29, 0.717) is 10.5 Å². The van der Waals surface area contributed by atoms with Crippen molar-refractivity contribution >= 4 is 61.6 Å². The maximum Gasteiger partial charge on any atom is 0 e. The van der Waals surface area contributed by atoms with Crippen molar-refractivity contribution in [1.82, 2.24) is 10.5 Å². The van der Waals surface area contributed by atoms with Gasteiger partial charge in [0.2, 0.25) is 0 Å². The Balaban J connectivity index is -0.00000180. The molecule has 0 fully saturated rings. The molecule has 0 N–H and O–H groups in total. The predicted molar refractivity (Wildman–Crippen MR) is 69.0 cm³/mol. The van der Waals surface area contributed by atoms with Crippen LogP contribution in [0.5, 0.6) is 0 Å². The van der Waals surface area contributed by atoms with E-state index in [9.17, 15) is 19.2 Å². The topological polar surface area (TPSA) is 112 Å². The average Bonchev–Trinajstić information content (AvgIpc) is 2.22. The molecule has 122 valence electrons. The van der Waals surface area contributed by atoms with Crippen molar-refractivity contribution in [3.63, 3.8) is 0 Å². The Labute approximate surface area is 172 Å². The molecular weight excluding hydrogens is 364 g/mol. The summed E-state index contributed by atoms with van der Waals surface area (Å²) in [6.45, 7) is 3.97. The van der Waals surface area contributed by atoms with Crippen molar-refractivity contribution in [3.05, 3.63) is 0 Å². The fraction of sp³-hybridized carbons (Fsp3) is 0.600. The first-order valence-corrected chi connectivity index (χ1v) is 5.50. The minimum absolute atomic E-state index is 0. The summed E-state index contributed by atoms with van der Waals surface area (Å²) < 4.78 is 0. The quantitative estimate of drug-likeness (QED) is 0.384. The number of carbonyl (C=O) groups is 4. The fourth-order valence-corrected chi connectivity index (χ4v) is 0.957. The molecule has 10 nitrogen and oxygen atoms in total. The van der Waals surface area contributed by atoms with Crippen molar-refractivity contribution in [3.8, 4) is 0 Å². The van der Waals surface area contributed by atoms with E-state index >= 15 is 0 Å². The molecule has 0 atom stereocenters. The number of hydroxylamine groups is 4. The molecule has 12 heteroatoms. The van der Waals surface area contributed by atoms with Gasteiger partial charge in [-0.2, -0.15) is 0 Å². The standard InChI is InChI=1S/C10H16N2O8.Ca.Ti.2H/c1-7(13)17-11(18-8(2)14)5-6-12(19-9(3)15)20-10(4)16;;;;/h5-6H2,1-4H3;;;;. The number of hydrogen-bond acceptors (Lipinski definition) is 10.